The summed E-state index contributed by atoms with van der Waals surface area (Å²) in [6.45, 7) is 3.93. The number of rotatable bonds is 9. The third-order valence-corrected chi connectivity index (χ3v) is 8.51. The summed E-state index contributed by atoms with van der Waals surface area (Å²) in [4.78, 5) is 47.8. The van der Waals surface area contributed by atoms with E-state index in [1.54, 1.807) is 0 Å². The van der Waals surface area contributed by atoms with Crippen LogP contribution in [0.5, 0.6) is 0 Å². The predicted octanol–water partition coefficient (Wildman–Crippen LogP) is -1.10. The molecule has 2 aromatic heterocycles. The lowest BCUT2D eigenvalue weighted by atomic mass is 9.87. The number of aliphatic hydroxyl groups is 2. The van der Waals surface area contributed by atoms with Crippen LogP contribution in [0.15, 0.2) is 18.5 Å². The molecule has 1 aliphatic rings. The molecule has 3 heterocycles. The second-order valence-electron chi connectivity index (χ2n) is 7.26. The molecule has 0 bridgehead atoms. The Kier molecular flexibility index (Phi) is 7.33. The molecule has 19 nitrogen and oxygen atoms in total. The molecule has 22 heteroatoms. The lowest BCUT2D eigenvalue weighted by Crippen LogP contribution is -2.47. The van der Waals surface area contributed by atoms with E-state index in [1.165, 1.54) is 6.92 Å². The Labute approximate surface area is 195 Å². The van der Waals surface area contributed by atoms with E-state index in [2.05, 4.69) is 34.7 Å². The number of aromatic nitrogens is 4. The summed E-state index contributed by atoms with van der Waals surface area (Å²) in [6, 6.07) is 0. The van der Waals surface area contributed by atoms with Crippen molar-refractivity contribution in [2.45, 2.75) is 31.0 Å². The summed E-state index contributed by atoms with van der Waals surface area (Å²) >= 11 is 0. The molecule has 1 fully saturated rings. The van der Waals surface area contributed by atoms with Gasteiger partial charge in [0.1, 0.15) is 17.7 Å². The van der Waals surface area contributed by atoms with Crippen LogP contribution in [0.4, 0.5) is 11.8 Å². The molecule has 196 valence electrons. The predicted molar refractivity (Wildman–Crippen MR) is 114 cm³/mol. The summed E-state index contributed by atoms with van der Waals surface area (Å²) in [5.41, 5.74) is 9.18. The van der Waals surface area contributed by atoms with Crippen LogP contribution in [0, 0.1) is 0 Å². The van der Waals surface area contributed by atoms with Crippen molar-refractivity contribution in [2.75, 3.05) is 18.1 Å². The zero-order valence-corrected chi connectivity index (χ0v) is 20.2. The number of ether oxygens (including phenoxy) is 1. The van der Waals surface area contributed by atoms with E-state index in [-0.39, 0.29) is 28.5 Å². The molecule has 6 atom stereocenters. The largest absolute Gasteiger partial charge is 0.490 e. The van der Waals surface area contributed by atoms with Crippen LogP contribution < -0.4 is 11.5 Å². The molecule has 2 aromatic rings. The van der Waals surface area contributed by atoms with E-state index in [0.29, 0.717) is 0 Å². The van der Waals surface area contributed by atoms with E-state index < -0.39 is 54.1 Å². The van der Waals surface area contributed by atoms with Gasteiger partial charge in [-0.1, -0.05) is 6.58 Å². The Morgan fingerprint density at radius 3 is 2.40 bits per heavy atom. The van der Waals surface area contributed by atoms with Gasteiger partial charge < -0.3 is 46.0 Å². The topological polar surface area (TPSA) is 305 Å². The Bertz CT molecular complexity index is 1300. The molecule has 3 rings (SSSR count). The van der Waals surface area contributed by atoms with Crippen molar-refractivity contribution < 1.29 is 61.4 Å². The van der Waals surface area contributed by atoms with Gasteiger partial charge in [-0.25, -0.2) is 18.7 Å². The summed E-state index contributed by atoms with van der Waals surface area (Å²) in [5, 5.41) is 22.0. The summed E-state index contributed by atoms with van der Waals surface area (Å²) in [5.74, 6) is -0.328. The molecule has 1 saturated heterocycles. The van der Waals surface area contributed by atoms with Gasteiger partial charge >= 0.3 is 23.5 Å². The average Bonchev–Trinajstić information content (AvgIpc) is 3.17. The summed E-state index contributed by atoms with van der Waals surface area (Å²) < 4.78 is 52.7. The van der Waals surface area contributed by atoms with Gasteiger partial charge in [0.05, 0.1) is 12.9 Å². The van der Waals surface area contributed by atoms with Crippen LogP contribution in [0.2, 0.25) is 0 Å². The van der Waals surface area contributed by atoms with Gasteiger partial charge in [0.15, 0.2) is 23.3 Å². The molecule has 0 spiro atoms. The van der Waals surface area contributed by atoms with Crippen molar-refractivity contribution in [3.05, 3.63) is 18.5 Å². The second kappa shape index (κ2) is 9.24. The van der Waals surface area contributed by atoms with Crippen LogP contribution in [-0.2, 0) is 31.6 Å². The van der Waals surface area contributed by atoms with Crippen molar-refractivity contribution in [2.24, 2.45) is 0 Å². The lowest BCUT2D eigenvalue weighted by molar-refractivity contribution is -0.0831. The van der Waals surface area contributed by atoms with Crippen LogP contribution in [-0.4, -0.2) is 73.7 Å². The fourth-order valence-corrected chi connectivity index (χ4v) is 6.27. The highest BCUT2D eigenvalue weighted by molar-refractivity contribution is 7.66. The first-order valence-corrected chi connectivity index (χ1v) is 13.6. The number of nitrogen functional groups attached to an aromatic ring is 2. The van der Waals surface area contributed by atoms with Gasteiger partial charge in [-0.05, 0) is 12.5 Å². The summed E-state index contributed by atoms with van der Waals surface area (Å²) in [6.07, 6.45) is -3.83. The fourth-order valence-electron chi connectivity index (χ4n) is 3.24. The quantitative estimate of drug-likeness (QED) is 0.133. The van der Waals surface area contributed by atoms with Crippen molar-refractivity contribution >= 4 is 46.4 Å². The molecular formula is C13H21N6O13P3. The average molecular weight is 562 g/mol. The van der Waals surface area contributed by atoms with E-state index >= 15 is 0 Å². The van der Waals surface area contributed by atoms with E-state index in [0.717, 1.165) is 10.9 Å². The third kappa shape index (κ3) is 5.79. The maximum Gasteiger partial charge on any atom is 0.490 e. The lowest BCUT2D eigenvalue weighted by Gasteiger charge is -2.32. The van der Waals surface area contributed by atoms with Crippen molar-refractivity contribution in [3.8, 4) is 0 Å². The number of fused-ring (bicyclic) bond motifs is 1. The number of phosphoric acid groups is 3. The van der Waals surface area contributed by atoms with Gasteiger partial charge in [-0.2, -0.15) is 18.6 Å². The molecule has 2 unspecified atom stereocenters. The first-order valence-electron chi connectivity index (χ1n) is 9.12. The number of aliphatic hydroxyl groups excluding tert-OH is 1. The fraction of sp³-hybridized carbons (Fsp3) is 0.462. The molecule has 10 N–H and O–H groups in total. The van der Waals surface area contributed by atoms with E-state index in [9.17, 15) is 33.7 Å². The molecule has 0 saturated carbocycles. The number of hydrogen-bond acceptors (Lipinski definition) is 14. The highest BCUT2D eigenvalue weighted by Crippen LogP contribution is 2.66. The Morgan fingerprint density at radius 1 is 1.20 bits per heavy atom. The SMILES string of the molecule is C=C(C)[C@@]1(O)[C@H](O)[C@@H](COP(=O)(O)OP(=O)(O)OP(=O)(O)O)O[C@H]1n1cnc2c(N)nc(N)nc21. The smallest absolute Gasteiger partial charge is 0.387 e. The third-order valence-electron chi connectivity index (χ3n) is 4.70. The van der Waals surface area contributed by atoms with Gasteiger partial charge in [0, 0.05) is 0 Å². The number of imidazole rings is 1. The first-order chi connectivity index (χ1) is 15.9. The van der Waals surface area contributed by atoms with Crippen molar-refractivity contribution in [3.63, 3.8) is 0 Å². The van der Waals surface area contributed by atoms with Gasteiger partial charge in [0.25, 0.3) is 0 Å². The second-order valence-corrected chi connectivity index (χ2v) is 11.7. The maximum absolute atomic E-state index is 12.0. The minimum absolute atomic E-state index is 0.000381. The zero-order valence-electron chi connectivity index (χ0n) is 17.5. The molecular weight excluding hydrogens is 541 g/mol. The van der Waals surface area contributed by atoms with Crippen molar-refractivity contribution in [1.82, 2.24) is 19.5 Å². The van der Waals surface area contributed by atoms with E-state index in [4.69, 9.17) is 26.0 Å². The first kappa shape index (κ1) is 27.8. The van der Waals surface area contributed by atoms with Crippen LogP contribution >= 0.6 is 23.5 Å². The molecule has 35 heavy (non-hydrogen) atoms. The number of hydrogen-bond donors (Lipinski definition) is 8. The number of phosphoric ester groups is 1. The van der Waals surface area contributed by atoms with Crippen molar-refractivity contribution in [1.29, 1.82) is 0 Å². The Morgan fingerprint density at radius 2 is 1.83 bits per heavy atom. The Balaban J connectivity index is 1.86. The van der Waals surface area contributed by atoms with Gasteiger partial charge in [0.2, 0.25) is 5.95 Å². The van der Waals surface area contributed by atoms with Crippen LogP contribution in [0.25, 0.3) is 11.2 Å². The van der Waals surface area contributed by atoms with Gasteiger partial charge in [-0.3, -0.25) is 9.09 Å². The number of nitrogens with two attached hydrogens (primary N) is 2. The molecule has 0 radical (unpaired) electrons. The maximum atomic E-state index is 12.0. The normalized spacial score (nSPS) is 28.6. The Hall–Kier alpha value is -1.82. The number of nitrogens with zero attached hydrogens (tertiary/aromatic N) is 4. The monoisotopic (exact) mass is 562 g/mol. The van der Waals surface area contributed by atoms with E-state index in [1.807, 2.05) is 0 Å². The minimum atomic E-state index is -5.76. The van der Waals surface area contributed by atoms with Crippen LogP contribution in [0.3, 0.4) is 0 Å². The zero-order chi connectivity index (χ0) is 26.6. The van der Waals surface area contributed by atoms with Crippen LogP contribution in [0.1, 0.15) is 13.2 Å². The molecule has 0 aliphatic carbocycles. The molecule has 0 amide bonds. The highest BCUT2D eigenvalue weighted by atomic mass is 31.3. The number of anilines is 2. The minimum Gasteiger partial charge on any atom is -0.387 e. The summed E-state index contributed by atoms with van der Waals surface area (Å²) in [7, 11) is -16.9. The molecule has 0 aromatic carbocycles. The van der Waals surface area contributed by atoms with Gasteiger partial charge in [-0.15, -0.1) is 0 Å². The standard InChI is InChI=1S/C13H21N6O13P3/c1-5(2)13(21)8(20)6(3-29-34(25,26)32-35(27,28)31-33(22,23)24)30-11(13)19-4-16-7-9(14)17-12(15)18-10(7)19/h4,6,8,11,20-21H,1,3H2,2H3,(H,25,26)(H,27,28)(H2,22,23,24)(H4,14,15,17,18)/t6-,8-,11-,13-/m1/s1. The molecule has 1 aliphatic heterocycles. The highest BCUT2D eigenvalue weighted by Gasteiger charge is 2.58.